The second kappa shape index (κ2) is 5.09. The molecule has 1 aromatic carbocycles. The van der Waals surface area contributed by atoms with Crippen LogP contribution in [0.15, 0.2) is 54.9 Å². The number of pyridine rings is 2. The molecule has 98 valence electrons. The SMILES string of the molecule is Cc1ncccc1C(=O)Nc1cccc2cccnc12. The van der Waals surface area contributed by atoms with Crippen LogP contribution in [0.5, 0.6) is 0 Å². The largest absolute Gasteiger partial charge is 0.320 e. The summed E-state index contributed by atoms with van der Waals surface area (Å²) in [5, 5.41) is 3.89. The standard InChI is InChI=1S/C16H13N3O/c1-11-13(7-4-9-17-11)16(20)19-14-8-2-5-12-6-3-10-18-15(12)14/h2-10H,1H3,(H,19,20). The first-order chi connectivity index (χ1) is 9.75. The number of rotatable bonds is 2. The summed E-state index contributed by atoms with van der Waals surface area (Å²) in [6.07, 6.45) is 3.39. The summed E-state index contributed by atoms with van der Waals surface area (Å²) in [6.45, 7) is 1.82. The number of aryl methyl sites for hydroxylation is 1. The first-order valence-corrected chi connectivity index (χ1v) is 6.32. The summed E-state index contributed by atoms with van der Waals surface area (Å²) in [5.74, 6) is -0.172. The second-order valence-electron chi connectivity index (χ2n) is 4.47. The number of benzene rings is 1. The van der Waals surface area contributed by atoms with Gasteiger partial charge < -0.3 is 5.32 Å². The molecule has 0 atom stereocenters. The highest BCUT2D eigenvalue weighted by Gasteiger charge is 2.11. The number of hydrogen-bond acceptors (Lipinski definition) is 3. The Morgan fingerprint density at radius 3 is 2.60 bits per heavy atom. The topological polar surface area (TPSA) is 54.9 Å². The Hall–Kier alpha value is -2.75. The van der Waals surface area contributed by atoms with Gasteiger partial charge in [0.1, 0.15) is 0 Å². The Bertz CT molecular complexity index is 778. The van der Waals surface area contributed by atoms with Crippen LogP contribution < -0.4 is 5.32 Å². The maximum atomic E-state index is 12.3. The van der Waals surface area contributed by atoms with Crippen molar-refractivity contribution in [2.45, 2.75) is 6.92 Å². The van der Waals surface area contributed by atoms with E-state index in [1.165, 1.54) is 0 Å². The fourth-order valence-corrected chi connectivity index (χ4v) is 2.12. The molecule has 0 saturated heterocycles. The molecular weight excluding hydrogens is 250 g/mol. The molecule has 0 radical (unpaired) electrons. The maximum Gasteiger partial charge on any atom is 0.257 e. The van der Waals surface area contributed by atoms with E-state index in [-0.39, 0.29) is 5.91 Å². The average molecular weight is 263 g/mol. The van der Waals surface area contributed by atoms with Gasteiger partial charge in [-0.3, -0.25) is 14.8 Å². The van der Waals surface area contributed by atoms with Gasteiger partial charge in [-0.25, -0.2) is 0 Å². The fourth-order valence-electron chi connectivity index (χ4n) is 2.12. The second-order valence-corrected chi connectivity index (χ2v) is 4.47. The van der Waals surface area contributed by atoms with Crippen LogP contribution in [0, 0.1) is 6.92 Å². The van der Waals surface area contributed by atoms with E-state index >= 15 is 0 Å². The summed E-state index contributed by atoms with van der Waals surface area (Å²) in [4.78, 5) is 20.7. The van der Waals surface area contributed by atoms with Crippen molar-refractivity contribution < 1.29 is 4.79 Å². The molecule has 1 N–H and O–H groups in total. The highest BCUT2D eigenvalue weighted by Crippen LogP contribution is 2.21. The van der Waals surface area contributed by atoms with Crippen LogP contribution >= 0.6 is 0 Å². The minimum absolute atomic E-state index is 0.172. The van der Waals surface area contributed by atoms with E-state index < -0.39 is 0 Å². The summed E-state index contributed by atoms with van der Waals surface area (Å²) >= 11 is 0. The van der Waals surface area contributed by atoms with E-state index in [2.05, 4.69) is 15.3 Å². The normalized spacial score (nSPS) is 10.4. The third-order valence-corrected chi connectivity index (χ3v) is 3.13. The van der Waals surface area contributed by atoms with E-state index in [9.17, 15) is 4.79 Å². The molecule has 20 heavy (non-hydrogen) atoms. The number of anilines is 1. The highest BCUT2D eigenvalue weighted by atomic mass is 16.1. The summed E-state index contributed by atoms with van der Waals surface area (Å²) in [5.41, 5.74) is 2.76. The molecule has 0 saturated carbocycles. The smallest absolute Gasteiger partial charge is 0.257 e. The van der Waals surface area contributed by atoms with E-state index in [0.29, 0.717) is 16.9 Å². The van der Waals surface area contributed by atoms with E-state index in [4.69, 9.17) is 0 Å². The highest BCUT2D eigenvalue weighted by molar-refractivity contribution is 6.08. The van der Waals surface area contributed by atoms with Crippen LogP contribution in [0.3, 0.4) is 0 Å². The van der Waals surface area contributed by atoms with Gasteiger partial charge in [-0.1, -0.05) is 18.2 Å². The lowest BCUT2D eigenvalue weighted by Crippen LogP contribution is -2.14. The van der Waals surface area contributed by atoms with Crippen LogP contribution in [0.4, 0.5) is 5.69 Å². The van der Waals surface area contributed by atoms with Gasteiger partial charge in [0, 0.05) is 23.5 Å². The zero-order valence-corrected chi connectivity index (χ0v) is 11.0. The van der Waals surface area contributed by atoms with Crippen molar-refractivity contribution >= 4 is 22.5 Å². The van der Waals surface area contributed by atoms with Crippen LogP contribution in [0.25, 0.3) is 10.9 Å². The molecule has 0 bridgehead atoms. The Morgan fingerprint density at radius 1 is 1.00 bits per heavy atom. The van der Waals surface area contributed by atoms with Crippen LogP contribution in [-0.4, -0.2) is 15.9 Å². The number of hydrogen-bond donors (Lipinski definition) is 1. The number of para-hydroxylation sites is 1. The number of carbonyl (C=O) groups excluding carboxylic acids is 1. The molecule has 0 fully saturated rings. The van der Waals surface area contributed by atoms with E-state index in [1.54, 1.807) is 24.5 Å². The molecule has 2 aromatic heterocycles. The number of nitrogens with one attached hydrogen (secondary N) is 1. The van der Waals surface area contributed by atoms with Crippen LogP contribution in [-0.2, 0) is 0 Å². The lowest BCUT2D eigenvalue weighted by atomic mass is 10.1. The van der Waals surface area contributed by atoms with Gasteiger partial charge in [0.05, 0.1) is 16.8 Å². The lowest BCUT2D eigenvalue weighted by Gasteiger charge is -2.09. The minimum atomic E-state index is -0.172. The van der Waals surface area contributed by atoms with Crippen molar-refractivity contribution in [1.82, 2.24) is 9.97 Å². The molecular formula is C16H13N3O. The van der Waals surface area contributed by atoms with Gasteiger partial charge in [0.2, 0.25) is 0 Å². The number of amides is 1. The number of nitrogens with zero attached hydrogens (tertiary/aromatic N) is 2. The minimum Gasteiger partial charge on any atom is -0.320 e. The Morgan fingerprint density at radius 2 is 1.75 bits per heavy atom. The number of aromatic nitrogens is 2. The number of fused-ring (bicyclic) bond motifs is 1. The molecule has 0 aliphatic rings. The molecule has 3 rings (SSSR count). The molecule has 4 heteroatoms. The molecule has 1 amide bonds. The molecule has 4 nitrogen and oxygen atoms in total. The molecule has 0 aliphatic carbocycles. The van der Waals surface area contributed by atoms with Gasteiger partial charge in [-0.05, 0) is 31.2 Å². The summed E-state index contributed by atoms with van der Waals surface area (Å²) in [7, 11) is 0. The van der Waals surface area contributed by atoms with Crippen LogP contribution in [0.2, 0.25) is 0 Å². The van der Waals surface area contributed by atoms with Crippen molar-refractivity contribution in [2.24, 2.45) is 0 Å². The van der Waals surface area contributed by atoms with Crippen molar-refractivity contribution in [3.63, 3.8) is 0 Å². The molecule has 2 heterocycles. The lowest BCUT2D eigenvalue weighted by molar-refractivity contribution is 0.102. The first-order valence-electron chi connectivity index (χ1n) is 6.32. The Balaban J connectivity index is 1.98. The fraction of sp³-hybridized carbons (Fsp3) is 0.0625. The zero-order chi connectivity index (χ0) is 13.9. The van der Waals surface area contributed by atoms with Gasteiger partial charge in [-0.15, -0.1) is 0 Å². The summed E-state index contributed by atoms with van der Waals surface area (Å²) in [6, 6.07) is 13.1. The predicted molar refractivity (Wildman–Crippen MR) is 78.7 cm³/mol. The van der Waals surface area contributed by atoms with E-state index in [0.717, 1.165) is 10.9 Å². The van der Waals surface area contributed by atoms with Gasteiger partial charge in [0.25, 0.3) is 5.91 Å². The third-order valence-electron chi connectivity index (χ3n) is 3.13. The van der Waals surface area contributed by atoms with Gasteiger partial charge >= 0.3 is 0 Å². The first kappa shape index (κ1) is 12.3. The van der Waals surface area contributed by atoms with E-state index in [1.807, 2.05) is 37.3 Å². The third kappa shape index (κ3) is 2.23. The summed E-state index contributed by atoms with van der Waals surface area (Å²) < 4.78 is 0. The van der Waals surface area contributed by atoms with Crippen LogP contribution in [0.1, 0.15) is 16.1 Å². The molecule has 3 aromatic rings. The van der Waals surface area contributed by atoms with Gasteiger partial charge in [0.15, 0.2) is 0 Å². The average Bonchev–Trinajstić information content (AvgIpc) is 2.48. The van der Waals surface area contributed by atoms with Crippen molar-refractivity contribution in [2.75, 3.05) is 5.32 Å². The van der Waals surface area contributed by atoms with Gasteiger partial charge in [-0.2, -0.15) is 0 Å². The maximum absolute atomic E-state index is 12.3. The van der Waals surface area contributed by atoms with Crippen molar-refractivity contribution in [3.8, 4) is 0 Å². The van der Waals surface area contributed by atoms with Crippen molar-refractivity contribution in [3.05, 3.63) is 66.1 Å². The Labute approximate surface area is 116 Å². The Kier molecular flexibility index (Phi) is 3.13. The number of carbonyl (C=O) groups is 1. The molecule has 0 unspecified atom stereocenters. The molecule has 0 aliphatic heterocycles. The van der Waals surface area contributed by atoms with Crippen molar-refractivity contribution in [1.29, 1.82) is 0 Å². The quantitative estimate of drug-likeness (QED) is 0.772. The molecule has 0 spiro atoms. The predicted octanol–water partition coefficient (Wildman–Crippen LogP) is 3.19. The monoisotopic (exact) mass is 263 g/mol. The zero-order valence-electron chi connectivity index (χ0n) is 11.0.